The third-order valence-corrected chi connectivity index (χ3v) is 4.88. The quantitative estimate of drug-likeness (QED) is 0.778. The Morgan fingerprint density at radius 1 is 1.48 bits per heavy atom. The molecule has 0 aliphatic heterocycles. The second-order valence-corrected chi connectivity index (χ2v) is 7.29. The molecule has 1 rings (SSSR count). The predicted octanol–water partition coefficient (Wildman–Crippen LogP) is 2.26. The Bertz CT molecular complexity index is 629. The smallest absolute Gasteiger partial charge is 0.246 e. The maximum absolute atomic E-state index is 12.7. The Labute approximate surface area is 131 Å². The van der Waals surface area contributed by atoms with Crippen molar-refractivity contribution >= 4 is 21.6 Å². The molecule has 0 heterocycles. The van der Waals surface area contributed by atoms with Crippen LogP contribution in [0, 0.1) is 0 Å². The minimum atomic E-state index is -3.70. The maximum Gasteiger partial charge on any atom is 0.246 e. The highest BCUT2D eigenvalue weighted by Gasteiger charge is 2.27. The lowest BCUT2D eigenvalue weighted by atomic mass is 10.2. The molecule has 0 spiro atoms. The van der Waals surface area contributed by atoms with Crippen molar-refractivity contribution in [3.8, 4) is 5.75 Å². The van der Waals surface area contributed by atoms with E-state index in [9.17, 15) is 8.42 Å². The Morgan fingerprint density at radius 2 is 2.10 bits per heavy atom. The van der Waals surface area contributed by atoms with Crippen LogP contribution < -0.4 is 10.1 Å². The van der Waals surface area contributed by atoms with E-state index >= 15 is 0 Å². The van der Waals surface area contributed by atoms with Crippen LogP contribution in [0.2, 0.25) is 5.02 Å². The molecule has 0 amide bonds. The van der Waals surface area contributed by atoms with Crippen molar-refractivity contribution in [1.82, 2.24) is 9.62 Å². The van der Waals surface area contributed by atoms with Gasteiger partial charge in [0.05, 0.1) is 7.11 Å². The van der Waals surface area contributed by atoms with Crippen molar-refractivity contribution in [2.24, 2.45) is 0 Å². The molecule has 0 radical (unpaired) electrons. The van der Waals surface area contributed by atoms with E-state index in [0.29, 0.717) is 22.9 Å². The summed E-state index contributed by atoms with van der Waals surface area (Å²) in [5.41, 5.74) is 1.44. The molecule has 0 fully saturated rings. The lowest BCUT2D eigenvalue weighted by Gasteiger charge is -2.20. The topological polar surface area (TPSA) is 58.6 Å². The number of rotatable bonds is 7. The average Bonchev–Trinajstić information content (AvgIpc) is 2.37. The van der Waals surface area contributed by atoms with Gasteiger partial charge < -0.3 is 10.1 Å². The first-order valence-electron chi connectivity index (χ1n) is 6.35. The molecule has 1 N–H and O–H groups in total. The van der Waals surface area contributed by atoms with Crippen LogP contribution in [0.1, 0.15) is 12.5 Å². The number of benzene rings is 1. The number of hydrogen-bond donors (Lipinski definition) is 1. The fourth-order valence-corrected chi connectivity index (χ4v) is 3.76. The van der Waals surface area contributed by atoms with Gasteiger partial charge in [0.15, 0.2) is 0 Å². The van der Waals surface area contributed by atoms with Gasteiger partial charge in [-0.1, -0.05) is 23.8 Å². The summed E-state index contributed by atoms with van der Waals surface area (Å²) in [4.78, 5) is 0.0616. The Kier molecular flexibility index (Phi) is 6.22. The molecule has 5 nitrogen and oxygen atoms in total. The molecule has 0 aromatic heterocycles. The highest BCUT2D eigenvalue weighted by molar-refractivity contribution is 7.89. The van der Waals surface area contributed by atoms with Crippen molar-refractivity contribution in [3.63, 3.8) is 0 Å². The van der Waals surface area contributed by atoms with Gasteiger partial charge in [0.1, 0.15) is 10.6 Å². The van der Waals surface area contributed by atoms with Crippen LogP contribution in [0.15, 0.2) is 29.2 Å². The van der Waals surface area contributed by atoms with Gasteiger partial charge in [0, 0.05) is 30.7 Å². The number of sulfonamides is 1. The molecule has 0 saturated heterocycles. The summed E-state index contributed by atoms with van der Waals surface area (Å²) < 4.78 is 31.9. The zero-order valence-corrected chi connectivity index (χ0v) is 14.3. The summed E-state index contributed by atoms with van der Waals surface area (Å²) in [5.74, 6) is 0.308. The molecule has 0 aliphatic carbocycles. The molecule has 0 atom stereocenters. The maximum atomic E-state index is 12.7. The van der Waals surface area contributed by atoms with Crippen LogP contribution in [-0.4, -0.2) is 40.5 Å². The van der Waals surface area contributed by atoms with Crippen LogP contribution in [-0.2, 0) is 16.6 Å². The summed E-state index contributed by atoms with van der Waals surface area (Å²) in [6, 6.07) is 3.10. The van der Waals surface area contributed by atoms with E-state index < -0.39 is 10.0 Å². The molecule has 7 heteroatoms. The number of likely N-dealkylation sites (N-methyl/N-ethyl adjacent to an activating group) is 1. The molecule has 0 unspecified atom stereocenters. The number of halogens is 1. The van der Waals surface area contributed by atoms with E-state index in [1.807, 2.05) is 0 Å². The highest BCUT2D eigenvalue weighted by atomic mass is 35.5. The Hall–Kier alpha value is -1.08. The number of methoxy groups -OCH3 is 1. The van der Waals surface area contributed by atoms with Gasteiger partial charge in [-0.15, -0.1) is 0 Å². The molecule has 1 aromatic rings. The zero-order valence-electron chi connectivity index (χ0n) is 12.7. The van der Waals surface area contributed by atoms with E-state index in [2.05, 4.69) is 11.9 Å². The van der Waals surface area contributed by atoms with Gasteiger partial charge >= 0.3 is 0 Å². The lowest BCUT2D eigenvalue weighted by molar-refractivity contribution is 0.393. The Morgan fingerprint density at radius 3 is 2.57 bits per heavy atom. The third kappa shape index (κ3) is 4.20. The first-order chi connectivity index (χ1) is 9.73. The highest BCUT2D eigenvalue weighted by Crippen LogP contribution is 2.33. The van der Waals surface area contributed by atoms with E-state index in [4.69, 9.17) is 16.3 Å². The van der Waals surface area contributed by atoms with Crippen molar-refractivity contribution in [3.05, 3.63) is 34.9 Å². The molecule has 0 saturated carbocycles. The number of ether oxygens (including phenoxy) is 1. The fraction of sp³-hybridized carbons (Fsp3) is 0.429. The molecule has 21 heavy (non-hydrogen) atoms. The van der Waals surface area contributed by atoms with Gasteiger partial charge in [-0.3, -0.25) is 0 Å². The summed E-state index contributed by atoms with van der Waals surface area (Å²) in [5, 5.41) is 3.32. The molecule has 1 aromatic carbocycles. The number of nitrogens with one attached hydrogen (secondary N) is 1. The minimum Gasteiger partial charge on any atom is -0.495 e. The first kappa shape index (κ1) is 18.0. The monoisotopic (exact) mass is 332 g/mol. The molecular weight excluding hydrogens is 312 g/mol. The van der Waals surface area contributed by atoms with Crippen molar-refractivity contribution in [2.45, 2.75) is 18.4 Å². The van der Waals surface area contributed by atoms with Gasteiger partial charge in [-0.25, -0.2) is 8.42 Å². The third-order valence-electron chi connectivity index (χ3n) is 2.85. The van der Waals surface area contributed by atoms with Crippen LogP contribution in [0.4, 0.5) is 0 Å². The van der Waals surface area contributed by atoms with Crippen molar-refractivity contribution in [1.29, 1.82) is 0 Å². The van der Waals surface area contributed by atoms with E-state index in [-0.39, 0.29) is 11.4 Å². The standard InChI is InChI=1S/C14H21ClN2O3S/c1-10(2)9-17(4)21(18,19)13-7-12(15)6-11(8-16-3)14(13)20-5/h6-7,16H,1,8-9H2,2-5H3. The number of hydrogen-bond acceptors (Lipinski definition) is 4. The van der Waals surface area contributed by atoms with Gasteiger partial charge in [-0.2, -0.15) is 4.31 Å². The van der Waals surface area contributed by atoms with Gasteiger partial charge in [0.2, 0.25) is 10.0 Å². The van der Waals surface area contributed by atoms with E-state index in [0.717, 1.165) is 5.57 Å². The summed E-state index contributed by atoms with van der Waals surface area (Å²) in [6.45, 7) is 6.20. The van der Waals surface area contributed by atoms with Crippen LogP contribution in [0.25, 0.3) is 0 Å². The van der Waals surface area contributed by atoms with Crippen molar-refractivity contribution < 1.29 is 13.2 Å². The van der Waals surface area contributed by atoms with Gasteiger partial charge in [0.25, 0.3) is 0 Å². The normalized spacial score (nSPS) is 11.7. The molecular formula is C14H21ClN2O3S. The van der Waals surface area contributed by atoms with Crippen LogP contribution >= 0.6 is 11.6 Å². The van der Waals surface area contributed by atoms with Crippen LogP contribution in [0.5, 0.6) is 5.75 Å². The van der Waals surface area contributed by atoms with Crippen LogP contribution in [0.3, 0.4) is 0 Å². The molecule has 0 aliphatic rings. The van der Waals surface area contributed by atoms with Crippen molar-refractivity contribution in [2.75, 3.05) is 27.7 Å². The minimum absolute atomic E-state index is 0.0616. The zero-order chi connectivity index (χ0) is 16.2. The second-order valence-electron chi connectivity index (χ2n) is 4.84. The Balaban J connectivity index is 3.43. The molecule has 0 bridgehead atoms. The van der Waals surface area contributed by atoms with E-state index in [1.54, 1.807) is 20.0 Å². The van der Waals surface area contributed by atoms with Gasteiger partial charge in [-0.05, 0) is 26.1 Å². The fourth-order valence-electron chi connectivity index (χ4n) is 2.00. The number of nitrogens with zero attached hydrogens (tertiary/aromatic N) is 1. The van der Waals surface area contributed by atoms with E-state index in [1.165, 1.54) is 24.5 Å². The first-order valence-corrected chi connectivity index (χ1v) is 8.17. The largest absolute Gasteiger partial charge is 0.495 e. The summed E-state index contributed by atoms with van der Waals surface area (Å²) in [6.07, 6.45) is 0. The second kappa shape index (κ2) is 7.26. The summed E-state index contributed by atoms with van der Waals surface area (Å²) in [7, 11) is 1.01. The lowest BCUT2D eigenvalue weighted by Crippen LogP contribution is -2.29. The predicted molar refractivity (Wildman–Crippen MR) is 85.4 cm³/mol. The SMILES string of the molecule is C=C(C)CN(C)S(=O)(=O)c1cc(Cl)cc(CNC)c1OC. The average molecular weight is 333 g/mol. The summed E-state index contributed by atoms with van der Waals surface area (Å²) >= 11 is 6.05. The molecule has 118 valence electrons.